The molecule has 0 saturated heterocycles. The summed E-state index contributed by atoms with van der Waals surface area (Å²) in [4.78, 5) is 4.17. The molecule has 6 heteroatoms. The average Bonchev–Trinajstić information content (AvgIpc) is 2.57. The van der Waals surface area contributed by atoms with Gasteiger partial charge in [0, 0.05) is 6.54 Å². The van der Waals surface area contributed by atoms with Crippen LogP contribution in [0.4, 0.5) is 18.3 Å². The Morgan fingerprint density at radius 3 is 2.75 bits per heavy atom. The molecule has 1 N–H and O–H groups in total. The smallest absolute Gasteiger partial charge is 0.362 e. The van der Waals surface area contributed by atoms with Crippen LogP contribution >= 0.6 is 11.3 Å². The lowest BCUT2D eigenvalue weighted by molar-refractivity contribution is -0.137. The third-order valence-corrected chi connectivity index (χ3v) is 3.02. The molecule has 0 aliphatic rings. The number of alkyl halides is 3. The van der Waals surface area contributed by atoms with Gasteiger partial charge < -0.3 is 5.32 Å². The van der Waals surface area contributed by atoms with Gasteiger partial charge in [0.1, 0.15) is 0 Å². The number of nitrogens with one attached hydrogen (secondary N) is 1. The molecule has 86 valence electrons. The van der Waals surface area contributed by atoms with Gasteiger partial charge in [-0.25, -0.2) is 4.98 Å². The van der Waals surface area contributed by atoms with Crippen LogP contribution in [-0.2, 0) is 6.18 Å². The van der Waals surface area contributed by atoms with Crippen molar-refractivity contribution < 1.29 is 13.2 Å². The van der Waals surface area contributed by atoms with Crippen LogP contribution in [0, 0.1) is 0 Å². The van der Waals surface area contributed by atoms with Gasteiger partial charge in [0.15, 0.2) is 5.13 Å². The first-order valence-corrected chi connectivity index (χ1v) is 5.54. The second-order valence-corrected chi connectivity index (χ2v) is 4.26. The monoisotopic (exact) mass is 246 g/mol. The summed E-state index contributed by atoms with van der Waals surface area (Å²) in [6.45, 7) is 2.61. The largest absolute Gasteiger partial charge is 0.416 e. The number of hydrogen-bond acceptors (Lipinski definition) is 3. The Bertz CT molecular complexity index is 504. The summed E-state index contributed by atoms with van der Waals surface area (Å²) in [5, 5.41) is 3.63. The molecule has 0 bridgehead atoms. The highest BCUT2D eigenvalue weighted by Gasteiger charge is 2.30. The minimum atomic E-state index is -4.30. The van der Waals surface area contributed by atoms with E-state index in [0.29, 0.717) is 21.9 Å². The third kappa shape index (κ3) is 2.11. The van der Waals surface area contributed by atoms with Gasteiger partial charge in [0.2, 0.25) is 0 Å². The molecule has 1 aromatic carbocycles. The minimum Gasteiger partial charge on any atom is -0.362 e. The number of rotatable bonds is 2. The number of thiazole rings is 1. The Balaban J connectivity index is 2.46. The fourth-order valence-electron chi connectivity index (χ4n) is 1.33. The Morgan fingerprint density at radius 1 is 1.38 bits per heavy atom. The molecular weight excluding hydrogens is 237 g/mol. The average molecular weight is 246 g/mol. The Labute approximate surface area is 94.1 Å². The maximum absolute atomic E-state index is 12.4. The van der Waals surface area contributed by atoms with E-state index >= 15 is 0 Å². The van der Waals surface area contributed by atoms with E-state index in [1.54, 1.807) is 0 Å². The van der Waals surface area contributed by atoms with Crippen LogP contribution in [0.1, 0.15) is 12.5 Å². The number of fused-ring (bicyclic) bond motifs is 1. The Kier molecular flexibility index (Phi) is 2.75. The lowest BCUT2D eigenvalue weighted by Gasteiger charge is -2.04. The number of nitrogens with zero attached hydrogens (tertiary/aromatic N) is 1. The van der Waals surface area contributed by atoms with E-state index in [9.17, 15) is 13.2 Å². The van der Waals surface area contributed by atoms with E-state index in [0.717, 1.165) is 12.1 Å². The van der Waals surface area contributed by atoms with Crippen LogP contribution in [0.15, 0.2) is 18.2 Å². The number of hydrogen-bond donors (Lipinski definition) is 1. The first kappa shape index (κ1) is 11.2. The third-order valence-electron chi connectivity index (χ3n) is 2.04. The summed E-state index contributed by atoms with van der Waals surface area (Å²) in [7, 11) is 0. The lowest BCUT2D eigenvalue weighted by Crippen LogP contribution is -2.03. The summed E-state index contributed by atoms with van der Waals surface area (Å²) in [5.74, 6) is 0. The molecule has 0 fully saturated rings. The topological polar surface area (TPSA) is 24.9 Å². The van der Waals surface area contributed by atoms with E-state index in [1.807, 2.05) is 6.92 Å². The molecule has 2 rings (SSSR count). The van der Waals surface area contributed by atoms with Gasteiger partial charge in [-0.1, -0.05) is 11.3 Å². The van der Waals surface area contributed by atoms with Crippen LogP contribution < -0.4 is 5.32 Å². The van der Waals surface area contributed by atoms with Crippen LogP contribution in [0.25, 0.3) is 10.2 Å². The first-order chi connectivity index (χ1) is 7.50. The zero-order valence-corrected chi connectivity index (χ0v) is 9.25. The molecule has 0 saturated carbocycles. The SMILES string of the molecule is CCNc1nc2ccc(C(F)(F)F)cc2s1. The second-order valence-electron chi connectivity index (χ2n) is 3.23. The molecule has 2 aromatic rings. The quantitative estimate of drug-likeness (QED) is 0.873. The Morgan fingerprint density at radius 2 is 2.12 bits per heavy atom. The summed E-state index contributed by atoms with van der Waals surface area (Å²) < 4.78 is 37.9. The number of benzene rings is 1. The van der Waals surface area contributed by atoms with Gasteiger partial charge in [-0.2, -0.15) is 13.2 Å². The van der Waals surface area contributed by atoms with Gasteiger partial charge in [-0.15, -0.1) is 0 Å². The zero-order chi connectivity index (χ0) is 11.8. The normalized spacial score (nSPS) is 12.0. The van der Waals surface area contributed by atoms with Gasteiger partial charge in [0.05, 0.1) is 15.8 Å². The van der Waals surface area contributed by atoms with E-state index in [2.05, 4.69) is 10.3 Å². The minimum absolute atomic E-state index is 0.547. The van der Waals surface area contributed by atoms with E-state index in [4.69, 9.17) is 0 Å². The Hall–Kier alpha value is -1.30. The van der Waals surface area contributed by atoms with E-state index in [1.165, 1.54) is 17.4 Å². The van der Waals surface area contributed by atoms with Gasteiger partial charge >= 0.3 is 6.18 Å². The number of halogens is 3. The van der Waals surface area contributed by atoms with Crippen molar-refractivity contribution in [1.82, 2.24) is 4.98 Å². The van der Waals surface area contributed by atoms with Gasteiger partial charge in [-0.3, -0.25) is 0 Å². The molecule has 0 spiro atoms. The fraction of sp³-hybridized carbons (Fsp3) is 0.300. The first-order valence-electron chi connectivity index (χ1n) is 4.72. The van der Waals surface area contributed by atoms with Crippen molar-refractivity contribution in [1.29, 1.82) is 0 Å². The van der Waals surface area contributed by atoms with Crippen molar-refractivity contribution in [2.75, 3.05) is 11.9 Å². The van der Waals surface area contributed by atoms with Crippen molar-refractivity contribution in [2.45, 2.75) is 13.1 Å². The standard InChI is InChI=1S/C10H9F3N2S/c1-2-14-9-15-7-4-3-6(10(11,12)13)5-8(7)16-9/h3-5H,2H2,1H3,(H,14,15). The number of aromatic nitrogens is 1. The fourth-order valence-corrected chi connectivity index (χ4v) is 2.30. The van der Waals surface area contributed by atoms with Crippen molar-refractivity contribution in [3.63, 3.8) is 0 Å². The summed E-state index contributed by atoms with van der Waals surface area (Å²) in [5.41, 5.74) is -0.0411. The van der Waals surface area contributed by atoms with Crippen molar-refractivity contribution in [3.8, 4) is 0 Å². The van der Waals surface area contributed by atoms with Gasteiger partial charge in [0.25, 0.3) is 0 Å². The molecule has 0 unspecified atom stereocenters. The summed E-state index contributed by atoms with van der Waals surface area (Å²) in [6, 6.07) is 3.58. The van der Waals surface area contributed by atoms with Gasteiger partial charge in [-0.05, 0) is 25.1 Å². The maximum atomic E-state index is 12.4. The summed E-state index contributed by atoms with van der Waals surface area (Å²) >= 11 is 1.23. The lowest BCUT2D eigenvalue weighted by atomic mass is 10.2. The highest BCUT2D eigenvalue weighted by molar-refractivity contribution is 7.22. The molecule has 0 atom stereocenters. The molecule has 0 radical (unpaired) electrons. The van der Waals surface area contributed by atoms with Crippen molar-refractivity contribution in [3.05, 3.63) is 23.8 Å². The molecular formula is C10H9F3N2S. The molecule has 0 amide bonds. The van der Waals surface area contributed by atoms with Crippen LogP contribution in [0.2, 0.25) is 0 Å². The molecule has 0 aliphatic heterocycles. The maximum Gasteiger partial charge on any atom is 0.416 e. The van der Waals surface area contributed by atoms with E-state index in [-0.39, 0.29) is 0 Å². The molecule has 0 aliphatic carbocycles. The number of anilines is 1. The van der Waals surface area contributed by atoms with Crippen LogP contribution in [-0.4, -0.2) is 11.5 Å². The molecule has 1 aromatic heterocycles. The molecule has 1 heterocycles. The molecule has 16 heavy (non-hydrogen) atoms. The zero-order valence-electron chi connectivity index (χ0n) is 8.43. The molecule has 2 nitrogen and oxygen atoms in total. The summed E-state index contributed by atoms with van der Waals surface area (Å²) in [6.07, 6.45) is -4.30. The predicted molar refractivity (Wildman–Crippen MR) is 58.8 cm³/mol. The van der Waals surface area contributed by atoms with Crippen molar-refractivity contribution in [2.24, 2.45) is 0 Å². The van der Waals surface area contributed by atoms with Crippen LogP contribution in [0.5, 0.6) is 0 Å². The van der Waals surface area contributed by atoms with Crippen LogP contribution in [0.3, 0.4) is 0 Å². The highest BCUT2D eigenvalue weighted by atomic mass is 32.1. The highest BCUT2D eigenvalue weighted by Crippen LogP contribution is 2.34. The predicted octanol–water partition coefficient (Wildman–Crippen LogP) is 3.75. The van der Waals surface area contributed by atoms with Crippen molar-refractivity contribution >= 4 is 26.7 Å². The van der Waals surface area contributed by atoms with E-state index < -0.39 is 11.7 Å². The second kappa shape index (κ2) is 3.93.